The molecular formula is C16H19N3. The predicted molar refractivity (Wildman–Crippen MR) is 78.1 cm³/mol. The highest BCUT2D eigenvalue weighted by Gasteiger charge is 2.41. The van der Waals surface area contributed by atoms with Gasteiger partial charge in [-0.25, -0.2) is 0 Å². The van der Waals surface area contributed by atoms with Crippen molar-refractivity contribution in [1.29, 1.82) is 0 Å². The van der Waals surface area contributed by atoms with Crippen LogP contribution in [0.4, 0.5) is 5.69 Å². The van der Waals surface area contributed by atoms with E-state index in [0.29, 0.717) is 12.0 Å². The van der Waals surface area contributed by atoms with Gasteiger partial charge in [0.1, 0.15) is 0 Å². The van der Waals surface area contributed by atoms with Crippen molar-refractivity contribution in [1.82, 2.24) is 4.98 Å². The van der Waals surface area contributed by atoms with E-state index in [1.54, 1.807) is 0 Å². The molecule has 3 heteroatoms. The third-order valence-corrected chi connectivity index (χ3v) is 4.88. The number of benzene rings is 1. The Bertz CT molecular complexity index is 604. The fraction of sp³-hybridized carbons (Fsp3) is 0.438. The Labute approximate surface area is 113 Å². The van der Waals surface area contributed by atoms with Gasteiger partial charge < -0.3 is 10.6 Å². The lowest BCUT2D eigenvalue weighted by molar-refractivity contribution is 0.453. The summed E-state index contributed by atoms with van der Waals surface area (Å²) in [5, 5.41) is 1.26. The molecule has 1 saturated carbocycles. The second kappa shape index (κ2) is 4.20. The maximum absolute atomic E-state index is 6.23. The summed E-state index contributed by atoms with van der Waals surface area (Å²) in [5.41, 5.74) is 8.64. The zero-order valence-corrected chi connectivity index (χ0v) is 11.0. The maximum atomic E-state index is 6.23. The normalized spacial score (nSPS) is 29.9. The standard InChI is InChI=1S/C16H19N3/c17-14-6-5-11-9-19(10-13(11)14)16-7-8-18-15-4-2-1-3-12(15)16/h1-4,7-8,11,13-14H,5-6,9-10,17H2. The van der Waals surface area contributed by atoms with E-state index >= 15 is 0 Å². The first-order chi connectivity index (χ1) is 9.33. The lowest BCUT2D eigenvalue weighted by Crippen LogP contribution is -2.30. The van der Waals surface area contributed by atoms with E-state index in [2.05, 4.69) is 34.1 Å². The van der Waals surface area contributed by atoms with Gasteiger partial charge in [0.25, 0.3) is 0 Å². The summed E-state index contributed by atoms with van der Waals surface area (Å²) in [5.74, 6) is 1.48. The molecule has 2 fully saturated rings. The Hall–Kier alpha value is -1.61. The topological polar surface area (TPSA) is 42.1 Å². The Morgan fingerprint density at radius 2 is 2.00 bits per heavy atom. The van der Waals surface area contributed by atoms with Crippen LogP contribution in [0.1, 0.15) is 12.8 Å². The minimum absolute atomic E-state index is 0.406. The molecule has 2 N–H and O–H groups in total. The molecule has 4 rings (SSSR count). The van der Waals surface area contributed by atoms with Gasteiger partial charge in [-0.3, -0.25) is 4.98 Å². The summed E-state index contributed by atoms with van der Waals surface area (Å²) < 4.78 is 0. The second-order valence-electron chi connectivity index (χ2n) is 5.92. The molecule has 2 aromatic rings. The van der Waals surface area contributed by atoms with Crippen LogP contribution in [-0.2, 0) is 0 Å². The molecule has 2 aliphatic rings. The summed E-state index contributed by atoms with van der Waals surface area (Å²) in [6.07, 6.45) is 4.43. The number of fused-ring (bicyclic) bond motifs is 2. The first-order valence-corrected chi connectivity index (χ1v) is 7.17. The van der Waals surface area contributed by atoms with Gasteiger partial charge in [0.05, 0.1) is 5.52 Å². The maximum Gasteiger partial charge on any atom is 0.0722 e. The molecule has 1 aliphatic carbocycles. The highest BCUT2D eigenvalue weighted by molar-refractivity contribution is 5.91. The van der Waals surface area contributed by atoms with Crippen LogP contribution in [0.5, 0.6) is 0 Å². The molecule has 0 amide bonds. The number of anilines is 1. The summed E-state index contributed by atoms with van der Waals surface area (Å²) in [4.78, 5) is 6.96. The van der Waals surface area contributed by atoms with Crippen molar-refractivity contribution in [2.24, 2.45) is 17.6 Å². The van der Waals surface area contributed by atoms with E-state index in [-0.39, 0.29) is 0 Å². The number of nitrogens with zero attached hydrogens (tertiary/aromatic N) is 2. The molecule has 3 nitrogen and oxygen atoms in total. The van der Waals surface area contributed by atoms with Crippen molar-refractivity contribution in [3.05, 3.63) is 36.5 Å². The Kier molecular flexibility index (Phi) is 2.49. The minimum atomic E-state index is 0.406. The first-order valence-electron chi connectivity index (χ1n) is 7.17. The van der Waals surface area contributed by atoms with Crippen molar-refractivity contribution in [2.45, 2.75) is 18.9 Å². The molecule has 3 unspecified atom stereocenters. The number of nitrogens with two attached hydrogens (primary N) is 1. The molecule has 98 valence electrons. The van der Waals surface area contributed by atoms with Crippen LogP contribution in [0.25, 0.3) is 10.9 Å². The third-order valence-electron chi connectivity index (χ3n) is 4.88. The average molecular weight is 253 g/mol. The quantitative estimate of drug-likeness (QED) is 0.848. The smallest absolute Gasteiger partial charge is 0.0722 e. The third kappa shape index (κ3) is 1.72. The zero-order chi connectivity index (χ0) is 12.8. The van der Waals surface area contributed by atoms with Crippen LogP contribution in [-0.4, -0.2) is 24.1 Å². The summed E-state index contributed by atoms with van der Waals surface area (Å²) in [6, 6.07) is 11.0. The van der Waals surface area contributed by atoms with Crippen molar-refractivity contribution in [2.75, 3.05) is 18.0 Å². The Morgan fingerprint density at radius 1 is 1.11 bits per heavy atom. The van der Waals surface area contributed by atoms with E-state index in [9.17, 15) is 0 Å². The van der Waals surface area contributed by atoms with Crippen molar-refractivity contribution < 1.29 is 0 Å². The van der Waals surface area contributed by atoms with Gasteiger partial charge in [-0.2, -0.15) is 0 Å². The lowest BCUT2D eigenvalue weighted by atomic mass is 9.98. The van der Waals surface area contributed by atoms with Gasteiger partial charge >= 0.3 is 0 Å². The molecule has 0 spiro atoms. The minimum Gasteiger partial charge on any atom is -0.370 e. The van der Waals surface area contributed by atoms with Gasteiger partial charge in [-0.1, -0.05) is 18.2 Å². The zero-order valence-electron chi connectivity index (χ0n) is 11.0. The van der Waals surface area contributed by atoms with Gasteiger partial charge in [0.15, 0.2) is 0 Å². The number of aromatic nitrogens is 1. The van der Waals surface area contributed by atoms with Crippen LogP contribution >= 0.6 is 0 Å². The van der Waals surface area contributed by atoms with Crippen LogP contribution in [0.2, 0.25) is 0 Å². The van der Waals surface area contributed by atoms with E-state index in [1.165, 1.54) is 23.9 Å². The van der Waals surface area contributed by atoms with Crippen molar-refractivity contribution in [3.63, 3.8) is 0 Å². The molecule has 0 bridgehead atoms. The van der Waals surface area contributed by atoms with E-state index < -0.39 is 0 Å². The summed E-state index contributed by atoms with van der Waals surface area (Å²) in [7, 11) is 0. The Balaban J connectivity index is 1.72. The molecule has 2 heterocycles. The molecule has 1 aromatic carbocycles. The predicted octanol–water partition coefficient (Wildman–Crippen LogP) is 2.41. The summed E-state index contributed by atoms with van der Waals surface area (Å²) >= 11 is 0. The van der Waals surface area contributed by atoms with E-state index in [0.717, 1.165) is 24.5 Å². The molecule has 0 radical (unpaired) electrons. The van der Waals surface area contributed by atoms with E-state index in [4.69, 9.17) is 5.73 Å². The van der Waals surface area contributed by atoms with Crippen molar-refractivity contribution in [3.8, 4) is 0 Å². The van der Waals surface area contributed by atoms with Gasteiger partial charge in [0, 0.05) is 36.4 Å². The fourth-order valence-corrected chi connectivity index (χ4v) is 3.86. The molecule has 3 atom stereocenters. The number of hydrogen-bond acceptors (Lipinski definition) is 3. The number of rotatable bonds is 1. The Morgan fingerprint density at radius 3 is 2.89 bits per heavy atom. The van der Waals surface area contributed by atoms with Crippen LogP contribution in [0.3, 0.4) is 0 Å². The molecule has 19 heavy (non-hydrogen) atoms. The number of hydrogen-bond donors (Lipinski definition) is 1. The lowest BCUT2D eigenvalue weighted by Gasteiger charge is -2.22. The molecule has 1 saturated heterocycles. The van der Waals surface area contributed by atoms with Crippen LogP contribution < -0.4 is 10.6 Å². The molecule has 1 aliphatic heterocycles. The SMILES string of the molecule is NC1CCC2CN(c3ccnc4ccccc34)CC12. The van der Waals surface area contributed by atoms with E-state index in [1.807, 2.05) is 12.3 Å². The van der Waals surface area contributed by atoms with Gasteiger partial charge in [0.2, 0.25) is 0 Å². The highest BCUT2D eigenvalue weighted by atomic mass is 15.2. The second-order valence-corrected chi connectivity index (χ2v) is 5.92. The largest absolute Gasteiger partial charge is 0.370 e. The van der Waals surface area contributed by atoms with Crippen LogP contribution in [0, 0.1) is 11.8 Å². The number of pyridine rings is 1. The molecular weight excluding hydrogens is 234 g/mol. The fourth-order valence-electron chi connectivity index (χ4n) is 3.86. The van der Waals surface area contributed by atoms with Gasteiger partial charge in [-0.05, 0) is 36.8 Å². The monoisotopic (exact) mass is 253 g/mol. The highest BCUT2D eigenvalue weighted by Crippen LogP contribution is 2.40. The average Bonchev–Trinajstić information content (AvgIpc) is 3.01. The number of para-hydroxylation sites is 1. The van der Waals surface area contributed by atoms with Gasteiger partial charge in [-0.15, -0.1) is 0 Å². The van der Waals surface area contributed by atoms with Crippen LogP contribution in [0.15, 0.2) is 36.5 Å². The molecule has 1 aromatic heterocycles. The van der Waals surface area contributed by atoms with Crippen molar-refractivity contribution >= 4 is 16.6 Å². The first kappa shape index (κ1) is 11.2. The summed E-state index contributed by atoms with van der Waals surface area (Å²) in [6.45, 7) is 2.27.